The Kier molecular flexibility index (Phi) is 3.95. The lowest BCUT2D eigenvalue weighted by Gasteiger charge is -2.47. The minimum Gasteiger partial charge on any atom is -0.0616 e. The van der Waals surface area contributed by atoms with Crippen LogP contribution >= 0.6 is 0 Å². The molecule has 0 heterocycles. The molecule has 0 nitrogen and oxygen atoms in total. The molecular formula is C21H30. The Bertz CT molecular complexity index is 617. The monoisotopic (exact) mass is 282 g/mol. The predicted octanol–water partition coefficient (Wildman–Crippen LogP) is 6.58. The minimum atomic E-state index is 0.145. The normalized spacial score (nSPS) is 16.0. The Morgan fingerprint density at radius 1 is 0.714 bits per heavy atom. The van der Waals surface area contributed by atoms with E-state index in [4.69, 9.17) is 0 Å². The molecule has 0 aliphatic heterocycles. The summed E-state index contributed by atoms with van der Waals surface area (Å²) in [5.74, 6) is 0. The predicted molar refractivity (Wildman–Crippen MR) is 94.8 cm³/mol. The molecule has 2 aromatic rings. The lowest BCUT2D eigenvalue weighted by molar-refractivity contribution is 0.136. The van der Waals surface area contributed by atoms with Gasteiger partial charge in [-0.3, -0.25) is 0 Å². The first-order chi connectivity index (χ1) is 9.55. The molecular weight excluding hydrogens is 252 g/mol. The lowest BCUT2D eigenvalue weighted by atomic mass is 9.57. The van der Waals surface area contributed by atoms with E-state index in [9.17, 15) is 0 Å². The van der Waals surface area contributed by atoms with Gasteiger partial charge in [-0.15, -0.1) is 0 Å². The van der Waals surface area contributed by atoms with E-state index in [2.05, 4.69) is 90.9 Å². The fraction of sp³-hybridized carbons (Fsp3) is 0.524. The van der Waals surface area contributed by atoms with Crippen LogP contribution in [-0.2, 0) is 5.41 Å². The van der Waals surface area contributed by atoms with Crippen LogP contribution in [0.3, 0.4) is 0 Å². The van der Waals surface area contributed by atoms with Crippen LogP contribution in [0.4, 0.5) is 0 Å². The highest BCUT2D eigenvalue weighted by atomic mass is 14.5. The molecule has 21 heavy (non-hydrogen) atoms. The summed E-state index contributed by atoms with van der Waals surface area (Å²) >= 11 is 0. The molecule has 0 amide bonds. The summed E-state index contributed by atoms with van der Waals surface area (Å²) in [6.07, 6.45) is 1.18. The number of hydrogen-bond donors (Lipinski definition) is 0. The van der Waals surface area contributed by atoms with E-state index in [1.165, 1.54) is 22.8 Å². The van der Waals surface area contributed by atoms with E-state index in [1.807, 2.05) is 0 Å². The largest absolute Gasteiger partial charge is 0.0616 e. The molecule has 1 unspecified atom stereocenters. The molecule has 114 valence electrons. The molecule has 2 rings (SSSR count). The number of rotatable bonds is 2. The van der Waals surface area contributed by atoms with Gasteiger partial charge in [0, 0.05) is 0 Å². The molecule has 0 aromatic heterocycles. The standard InChI is InChI=1S/C21H30/c1-19(2,3)15-21(7,20(4,5)6)18-14-10-12-16-11-8-9-13-17(16)18/h8-14H,15H2,1-7H3. The summed E-state index contributed by atoms with van der Waals surface area (Å²) in [6, 6.07) is 15.6. The van der Waals surface area contributed by atoms with Gasteiger partial charge in [-0.1, -0.05) is 90.9 Å². The quantitative estimate of drug-likeness (QED) is 0.583. The van der Waals surface area contributed by atoms with Gasteiger partial charge in [-0.2, -0.15) is 0 Å². The van der Waals surface area contributed by atoms with E-state index in [-0.39, 0.29) is 10.8 Å². The van der Waals surface area contributed by atoms with E-state index < -0.39 is 0 Å². The van der Waals surface area contributed by atoms with Crippen molar-refractivity contribution >= 4 is 10.8 Å². The summed E-state index contributed by atoms with van der Waals surface area (Å²) in [7, 11) is 0. The van der Waals surface area contributed by atoms with Crippen molar-refractivity contribution in [2.24, 2.45) is 10.8 Å². The Morgan fingerprint density at radius 2 is 1.29 bits per heavy atom. The number of benzene rings is 2. The van der Waals surface area contributed by atoms with Gasteiger partial charge < -0.3 is 0 Å². The molecule has 0 fully saturated rings. The fourth-order valence-electron chi connectivity index (χ4n) is 3.53. The van der Waals surface area contributed by atoms with Crippen LogP contribution < -0.4 is 0 Å². The Hall–Kier alpha value is -1.30. The van der Waals surface area contributed by atoms with Crippen LogP contribution in [-0.4, -0.2) is 0 Å². The maximum atomic E-state index is 2.44. The van der Waals surface area contributed by atoms with Crippen LogP contribution in [0.5, 0.6) is 0 Å². The van der Waals surface area contributed by atoms with Crippen LogP contribution in [0.2, 0.25) is 0 Å². The average molecular weight is 282 g/mol. The molecule has 0 bridgehead atoms. The average Bonchev–Trinajstić information content (AvgIpc) is 2.34. The summed E-state index contributed by atoms with van der Waals surface area (Å²) < 4.78 is 0. The van der Waals surface area contributed by atoms with Crippen molar-refractivity contribution < 1.29 is 0 Å². The van der Waals surface area contributed by atoms with E-state index in [1.54, 1.807) is 0 Å². The first-order valence-corrected chi connectivity index (χ1v) is 8.03. The van der Waals surface area contributed by atoms with E-state index in [0.29, 0.717) is 5.41 Å². The first kappa shape index (κ1) is 16.1. The molecule has 0 aliphatic rings. The van der Waals surface area contributed by atoms with Gasteiger partial charge in [0.25, 0.3) is 0 Å². The van der Waals surface area contributed by atoms with Crippen LogP contribution in [0.25, 0.3) is 10.8 Å². The zero-order chi connectivity index (χ0) is 15.9. The van der Waals surface area contributed by atoms with Gasteiger partial charge in [0.1, 0.15) is 0 Å². The maximum absolute atomic E-state index is 2.44. The molecule has 0 N–H and O–H groups in total. The van der Waals surface area contributed by atoms with Crippen molar-refractivity contribution in [3.63, 3.8) is 0 Å². The van der Waals surface area contributed by atoms with Crippen molar-refractivity contribution in [2.45, 2.75) is 60.3 Å². The smallest absolute Gasteiger partial charge is 0.00157 e. The first-order valence-electron chi connectivity index (χ1n) is 8.03. The molecule has 1 atom stereocenters. The van der Waals surface area contributed by atoms with Gasteiger partial charge >= 0.3 is 0 Å². The third kappa shape index (κ3) is 3.15. The zero-order valence-corrected chi connectivity index (χ0v) is 14.7. The van der Waals surface area contributed by atoms with Gasteiger partial charge in [0.2, 0.25) is 0 Å². The minimum absolute atomic E-state index is 0.145. The lowest BCUT2D eigenvalue weighted by Crippen LogP contribution is -2.40. The molecule has 0 saturated carbocycles. The van der Waals surface area contributed by atoms with E-state index >= 15 is 0 Å². The van der Waals surface area contributed by atoms with E-state index in [0.717, 1.165) is 0 Å². The molecule has 0 aliphatic carbocycles. The second-order valence-corrected chi connectivity index (χ2v) is 8.85. The second kappa shape index (κ2) is 5.16. The van der Waals surface area contributed by atoms with Crippen molar-refractivity contribution in [3.8, 4) is 0 Å². The number of fused-ring (bicyclic) bond motifs is 1. The van der Waals surface area contributed by atoms with Crippen molar-refractivity contribution in [1.82, 2.24) is 0 Å². The van der Waals surface area contributed by atoms with Gasteiger partial charge in [0.15, 0.2) is 0 Å². The Labute approximate surface area is 130 Å². The van der Waals surface area contributed by atoms with Crippen LogP contribution in [0.15, 0.2) is 42.5 Å². The highest BCUT2D eigenvalue weighted by molar-refractivity contribution is 5.86. The van der Waals surface area contributed by atoms with Crippen molar-refractivity contribution in [2.75, 3.05) is 0 Å². The zero-order valence-electron chi connectivity index (χ0n) is 14.7. The topological polar surface area (TPSA) is 0 Å². The Morgan fingerprint density at radius 3 is 1.86 bits per heavy atom. The van der Waals surface area contributed by atoms with Gasteiger partial charge in [-0.05, 0) is 39.0 Å². The second-order valence-electron chi connectivity index (χ2n) is 8.85. The van der Waals surface area contributed by atoms with Crippen molar-refractivity contribution in [1.29, 1.82) is 0 Å². The number of hydrogen-bond acceptors (Lipinski definition) is 0. The summed E-state index contributed by atoms with van der Waals surface area (Å²) in [5.41, 5.74) is 2.15. The van der Waals surface area contributed by atoms with Gasteiger partial charge in [-0.25, -0.2) is 0 Å². The Balaban J connectivity index is 2.71. The molecule has 2 aromatic carbocycles. The molecule has 0 spiro atoms. The molecule has 0 radical (unpaired) electrons. The van der Waals surface area contributed by atoms with Crippen LogP contribution in [0, 0.1) is 10.8 Å². The molecule has 0 saturated heterocycles. The third-order valence-electron chi connectivity index (χ3n) is 4.92. The highest BCUT2D eigenvalue weighted by Gasteiger charge is 2.42. The highest BCUT2D eigenvalue weighted by Crippen LogP contribution is 2.50. The summed E-state index contributed by atoms with van der Waals surface area (Å²) in [4.78, 5) is 0. The SMILES string of the molecule is CC(C)(C)CC(C)(c1cccc2ccccc12)C(C)(C)C. The summed E-state index contributed by atoms with van der Waals surface area (Å²) in [5, 5.41) is 2.75. The van der Waals surface area contributed by atoms with Crippen molar-refractivity contribution in [3.05, 3.63) is 48.0 Å². The maximum Gasteiger partial charge on any atom is -0.00157 e. The fourth-order valence-corrected chi connectivity index (χ4v) is 3.53. The van der Waals surface area contributed by atoms with Crippen LogP contribution in [0.1, 0.15) is 60.5 Å². The third-order valence-corrected chi connectivity index (χ3v) is 4.92. The van der Waals surface area contributed by atoms with Gasteiger partial charge in [0.05, 0.1) is 0 Å². The summed E-state index contributed by atoms with van der Waals surface area (Å²) in [6.45, 7) is 16.6. The molecule has 0 heteroatoms.